The SMILES string of the molecule is C=CC(=O)OCC(COCC(COC(=O)C=C)(COC(=O)C=C)COC(=O)C=C)(COC(=O)C=C)COC(=O)C=C.O=C(OCC(COCC(COC(=O)C(CPP)PP)(COC(=O)C(CPP)PP)COC(=O)C(CPP)PP)(COC(=O)C(CPP)PP)COC(=O)C(CPP)PP)C(CPP)PP.[V].[V].[V].[V].[V].[V].[V].[V].[V].[V].[V].[V]. The Balaban J connectivity index is -0.000000150. The molecule has 0 amide bonds. The first-order valence-corrected chi connectivity index (χ1v) is 66.3. The van der Waals surface area contributed by atoms with Crippen molar-refractivity contribution >= 4 is 278 Å². The van der Waals surface area contributed by atoms with E-state index in [0.717, 1.165) is 36.5 Å². The van der Waals surface area contributed by atoms with Gasteiger partial charge in [0.2, 0.25) is 0 Å². The molecular formula is C56H104O26P24V12. The molecule has 0 saturated carbocycles. The van der Waals surface area contributed by atoms with Crippen molar-refractivity contribution in [2.24, 2.45) is 21.7 Å². The monoisotopic (exact) mass is 2550 g/mol. The summed E-state index contributed by atoms with van der Waals surface area (Å²) >= 11 is 0. The average molecular weight is 2550 g/mol. The molecule has 0 N–H and O–H groups in total. The van der Waals surface area contributed by atoms with E-state index in [-0.39, 0.29) is 325 Å². The molecular weight excluding hydrogens is 2440 g/mol. The fourth-order valence-corrected chi connectivity index (χ4v) is 33.6. The summed E-state index contributed by atoms with van der Waals surface area (Å²) in [5.74, 6) is -7.69. The van der Waals surface area contributed by atoms with Crippen LogP contribution in [-0.4, -0.2) is 248 Å². The van der Waals surface area contributed by atoms with E-state index in [1.54, 1.807) is 0 Å². The fraction of sp³-hybridized carbons (Fsp3) is 0.571. The zero-order valence-corrected chi connectivity index (χ0v) is 106. The largest absolute Gasteiger partial charge is 0.464 e. The molecule has 62 heteroatoms. The molecule has 0 saturated heterocycles. The molecule has 30 unspecified atom stereocenters. The molecule has 0 aliphatic rings. The van der Waals surface area contributed by atoms with Gasteiger partial charge in [-0.2, -0.15) is 0 Å². The predicted molar refractivity (Wildman–Crippen MR) is 492 cm³/mol. The van der Waals surface area contributed by atoms with Gasteiger partial charge in [-0.3, -0.25) is 28.8 Å². The zero-order valence-electron chi connectivity index (χ0n) is 63.6. The van der Waals surface area contributed by atoms with Gasteiger partial charge in [-0.25, -0.2) is 28.8 Å². The number of carbonyl (C=O) groups is 12. The molecule has 12 radical (unpaired) electrons. The molecule has 118 heavy (non-hydrogen) atoms. The van der Waals surface area contributed by atoms with Crippen LogP contribution in [-0.2, 0) is 347 Å². The summed E-state index contributed by atoms with van der Waals surface area (Å²) in [6.45, 7) is 13.6. The van der Waals surface area contributed by atoms with Crippen molar-refractivity contribution in [2.75, 3.05) is 143 Å². The van der Waals surface area contributed by atoms with Crippen LogP contribution < -0.4 is 0 Å². The summed E-state index contributed by atoms with van der Waals surface area (Å²) in [6, 6.07) is 0. The minimum Gasteiger partial charge on any atom is -0.464 e. The third-order valence-electron chi connectivity index (χ3n) is 13.7. The second-order valence-electron chi connectivity index (χ2n) is 22.3. The standard InChI is InChI=1S/C28H70O13P24.C28H34O13.12V/c29-21(15(60-48)1-54-42)36-9-27(10-37-22(30)16(61-49)2-55-43,11-38-23(31)17(62-50)3-56-44)7-35-8-28(12-39-24(32)18(63-51)4-57-45,13-40-25(33)19(64-52)5-58-46)14-41-26(34)20(65-53)6-59-47;1-7-21(29)36-15-27(16-37-22(30)8-2,17-38-23(31)9-3)13-35-14-28(18-39-24(32)10-4,19-40-25(33)11-5)20-41-26(34)12-6;;;;;;;;;;;;/h15-20,54-65H,1-14,42-53H2;7-12H,1-6,13-20H2;;;;;;;;;;;;. The van der Waals surface area contributed by atoms with Crippen molar-refractivity contribution in [2.45, 2.75) is 34.0 Å². The number of ether oxygens (including phenoxy) is 14. The van der Waals surface area contributed by atoms with Crippen molar-refractivity contribution < 1.29 is 347 Å². The van der Waals surface area contributed by atoms with Gasteiger partial charge in [0.05, 0.1) is 82.0 Å². The zero-order chi connectivity index (χ0) is 80.6. The van der Waals surface area contributed by atoms with Gasteiger partial charge < -0.3 is 66.3 Å². The quantitative estimate of drug-likeness (QED) is 0.0237. The van der Waals surface area contributed by atoms with E-state index >= 15 is 0 Å². The van der Waals surface area contributed by atoms with E-state index in [1.165, 1.54) is 0 Å². The van der Waals surface area contributed by atoms with Gasteiger partial charge in [0.15, 0.2) is 0 Å². The van der Waals surface area contributed by atoms with Crippen molar-refractivity contribution in [3.8, 4) is 0 Å². The second kappa shape index (κ2) is 99.3. The number of carbonyl (C=O) groups excluding carboxylic acids is 12. The average Bonchev–Trinajstić information content (AvgIpc) is 0.835. The number of esters is 12. The molecule has 0 aromatic heterocycles. The Hall–Kier alpha value is 9.33. The molecule has 664 valence electrons. The van der Waals surface area contributed by atoms with Gasteiger partial charge in [-0.1, -0.05) is 89.1 Å². The first kappa shape index (κ1) is 158. The Labute approximate surface area is 887 Å². The van der Waals surface area contributed by atoms with Gasteiger partial charge in [0, 0.05) is 259 Å². The van der Waals surface area contributed by atoms with E-state index in [2.05, 4.69) is 147 Å². The van der Waals surface area contributed by atoms with Crippen LogP contribution in [0.5, 0.6) is 0 Å². The Morgan fingerprint density at radius 2 is 0.322 bits per heavy atom. The number of hydrogen-bond donors (Lipinski definition) is 0. The molecule has 0 rings (SSSR count). The molecule has 30 atom stereocenters. The maximum atomic E-state index is 13.6. The first-order valence-electron chi connectivity index (χ1n) is 30.9. The Morgan fingerprint density at radius 1 is 0.212 bits per heavy atom. The Bertz CT molecular complexity index is 2390. The third-order valence-corrected chi connectivity index (χ3v) is 36.6. The molecule has 0 heterocycles. The maximum Gasteiger partial charge on any atom is 0.330 e. The van der Waals surface area contributed by atoms with Crippen LogP contribution in [0.1, 0.15) is 0 Å². The van der Waals surface area contributed by atoms with E-state index in [1.807, 2.05) is 0 Å². The number of rotatable bonds is 62. The van der Waals surface area contributed by atoms with Gasteiger partial charge in [-0.15, -0.1) is 157 Å². The normalized spacial score (nSPS) is 13.7. The topological polar surface area (TPSA) is 334 Å². The van der Waals surface area contributed by atoms with Crippen LogP contribution in [0, 0.1) is 21.7 Å². The molecule has 0 fully saturated rings. The maximum absolute atomic E-state index is 13.6. The summed E-state index contributed by atoms with van der Waals surface area (Å²) in [5.41, 5.74) is -8.16. The van der Waals surface area contributed by atoms with Gasteiger partial charge in [0.1, 0.15) is 79.3 Å². The summed E-state index contributed by atoms with van der Waals surface area (Å²) in [4.78, 5) is 152. The Morgan fingerprint density at radius 3 is 0.415 bits per heavy atom. The van der Waals surface area contributed by atoms with Crippen molar-refractivity contribution in [3.63, 3.8) is 0 Å². The van der Waals surface area contributed by atoms with Crippen LogP contribution in [0.2, 0.25) is 0 Å². The second-order valence-corrected chi connectivity index (χ2v) is 46.7. The van der Waals surface area contributed by atoms with E-state index < -0.39 is 180 Å². The Kier molecular flexibility index (Phi) is 133. The molecule has 0 aromatic rings. The van der Waals surface area contributed by atoms with Crippen LogP contribution in [0.4, 0.5) is 0 Å². The molecule has 0 aromatic carbocycles. The van der Waals surface area contributed by atoms with Crippen LogP contribution in [0.15, 0.2) is 75.9 Å². The molecule has 0 aliphatic heterocycles. The van der Waals surface area contributed by atoms with Crippen molar-refractivity contribution in [1.82, 2.24) is 0 Å². The molecule has 0 bridgehead atoms. The van der Waals surface area contributed by atoms with Crippen molar-refractivity contribution in [1.29, 1.82) is 0 Å². The number of hydrogen-bond acceptors (Lipinski definition) is 26. The molecule has 0 aliphatic carbocycles. The fourth-order valence-electron chi connectivity index (χ4n) is 7.58. The van der Waals surface area contributed by atoms with Crippen LogP contribution in [0.3, 0.4) is 0 Å². The molecule has 26 nitrogen and oxygen atoms in total. The summed E-state index contributed by atoms with van der Waals surface area (Å²) in [7, 11) is 35.3. The summed E-state index contributed by atoms with van der Waals surface area (Å²) in [5, 5.41) is 0. The summed E-state index contributed by atoms with van der Waals surface area (Å²) < 4.78 is 79.4. The van der Waals surface area contributed by atoms with E-state index in [4.69, 9.17) is 66.3 Å². The van der Waals surface area contributed by atoms with E-state index in [0.29, 0.717) is 86.6 Å². The van der Waals surface area contributed by atoms with E-state index in [9.17, 15) is 57.5 Å². The predicted octanol–water partition coefficient (Wildman–Crippen LogP) is 9.39. The third kappa shape index (κ3) is 72.6. The minimum atomic E-state index is -1.49. The first-order chi connectivity index (χ1) is 50.6. The van der Waals surface area contributed by atoms with Crippen molar-refractivity contribution in [3.05, 3.63) is 75.9 Å². The van der Waals surface area contributed by atoms with Crippen LogP contribution >= 0.6 is 206 Å². The van der Waals surface area contributed by atoms with Gasteiger partial charge in [0.25, 0.3) is 0 Å². The van der Waals surface area contributed by atoms with Gasteiger partial charge in [-0.05, 0) is 37.0 Å². The smallest absolute Gasteiger partial charge is 0.330 e. The minimum absolute atomic E-state index is 0. The molecule has 0 spiro atoms. The summed E-state index contributed by atoms with van der Waals surface area (Å²) in [6.07, 6.45) is 8.89. The van der Waals surface area contributed by atoms with Gasteiger partial charge >= 0.3 is 71.6 Å². The van der Waals surface area contributed by atoms with Crippen LogP contribution in [0.25, 0.3) is 0 Å².